The molecule has 6 nitrogen and oxygen atoms in total. The molecule has 0 saturated heterocycles. The molecule has 1 atom stereocenters. The molecular formula is C28H30O6. The Labute approximate surface area is 198 Å². The van der Waals surface area contributed by atoms with E-state index in [1.807, 2.05) is 46.8 Å². The molecule has 3 N–H and O–H groups in total. The second-order valence-corrected chi connectivity index (χ2v) is 9.59. The molecule has 3 aromatic rings. The van der Waals surface area contributed by atoms with Crippen LogP contribution in [-0.4, -0.2) is 20.9 Å². The summed E-state index contributed by atoms with van der Waals surface area (Å²) in [7, 11) is 0. The predicted octanol–water partition coefficient (Wildman–Crippen LogP) is 6.48. The zero-order valence-corrected chi connectivity index (χ0v) is 20.2. The summed E-state index contributed by atoms with van der Waals surface area (Å²) < 4.78 is 12.1. The molecule has 2 aromatic carbocycles. The fraction of sp³-hybridized carbons (Fsp3) is 0.321. The summed E-state index contributed by atoms with van der Waals surface area (Å²) in [4.78, 5) is 13.6. The van der Waals surface area contributed by atoms with E-state index in [1.54, 1.807) is 6.08 Å². The lowest BCUT2D eigenvalue weighted by molar-refractivity contribution is 0.124. The molecule has 1 aliphatic rings. The van der Waals surface area contributed by atoms with Gasteiger partial charge in [-0.1, -0.05) is 29.4 Å². The minimum Gasteiger partial charge on any atom is -0.507 e. The number of hydrogen-bond donors (Lipinski definition) is 3. The SMILES string of the molecule is CC(C)=CCC[C@]1(C)C=Cc2c(c(O)cc3oc4cc(O)c(CC=C(C)C)c(O)c4c(=O)c23)O1. The Kier molecular flexibility index (Phi) is 5.94. The highest BCUT2D eigenvalue weighted by molar-refractivity contribution is 6.00. The van der Waals surface area contributed by atoms with Gasteiger partial charge in [0.1, 0.15) is 33.7 Å². The van der Waals surface area contributed by atoms with E-state index in [-0.39, 0.29) is 56.9 Å². The van der Waals surface area contributed by atoms with Gasteiger partial charge < -0.3 is 24.5 Å². The molecule has 4 rings (SSSR count). The Morgan fingerprint density at radius 1 is 0.971 bits per heavy atom. The molecule has 0 amide bonds. The Hall–Kier alpha value is -3.67. The zero-order chi connectivity index (χ0) is 24.8. The minimum absolute atomic E-state index is 0.0133. The fourth-order valence-corrected chi connectivity index (χ4v) is 4.26. The van der Waals surface area contributed by atoms with Gasteiger partial charge in [-0.05, 0) is 60.0 Å². The zero-order valence-electron chi connectivity index (χ0n) is 20.2. The van der Waals surface area contributed by atoms with Crippen molar-refractivity contribution in [3.8, 4) is 23.0 Å². The third-order valence-electron chi connectivity index (χ3n) is 6.13. The van der Waals surface area contributed by atoms with Crippen LogP contribution < -0.4 is 10.2 Å². The molecule has 34 heavy (non-hydrogen) atoms. The molecule has 0 aliphatic carbocycles. The first-order valence-electron chi connectivity index (χ1n) is 11.4. The van der Waals surface area contributed by atoms with E-state index in [0.29, 0.717) is 12.0 Å². The highest BCUT2D eigenvalue weighted by Gasteiger charge is 2.31. The van der Waals surface area contributed by atoms with Crippen LogP contribution in [0.3, 0.4) is 0 Å². The molecule has 0 spiro atoms. The Morgan fingerprint density at radius 2 is 1.62 bits per heavy atom. The first kappa shape index (κ1) is 23.5. The predicted molar refractivity (Wildman–Crippen MR) is 135 cm³/mol. The van der Waals surface area contributed by atoms with Gasteiger partial charge in [0.15, 0.2) is 11.5 Å². The van der Waals surface area contributed by atoms with Crippen molar-refractivity contribution in [1.82, 2.24) is 0 Å². The second-order valence-electron chi connectivity index (χ2n) is 9.59. The van der Waals surface area contributed by atoms with Crippen LogP contribution in [0.25, 0.3) is 28.0 Å². The van der Waals surface area contributed by atoms with Gasteiger partial charge in [-0.2, -0.15) is 0 Å². The van der Waals surface area contributed by atoms with Gasteiger partial charge in [0.25, 0.3) is 0 Å². The monoisotopic (exact) mass is 462 g/mol. The minimum atomic E-state index is -0.646. The first-order valence-corrected chi connectivity index (χ1v) is 11.4. The van der Waals surface area contributed by atoms with Crippen LogP contribution in [0.15, 0.2) is 50.7 Å². The molecule has 1 aliphatic heterocycles. The van der Waals surface area contributed by atoms with Crippen LogP contribution in [0.2, 0.25) is 0 Å². The van der Waals surface area contributed by atoms with Crippen molar-refractivity contribution in [2.24, 2.45) is 0 Å². The van der Waals surface area contributed by atoms with E-state index in [2.05, 4.69) is 6.08 Å². The normalized spacial score (nSPS) is 16.9. The van der Waals surface area contributed by atoms with Crippen molar-refractivity contribution in [2.45, 2.75) is 59.5 Å². The van der Waals surface area contributed by atoms with Crippen molar-refractivity contribution in [3.05, 3.63) is 62.9 Å². The number of ether oxygens (including phenoxy) is 1. The maximum Gasteiger partial charge on any atom is 0.205 e. The van der Waals surface area contributed by atoms with Gasteiger partial charge in [-0.15, -0.1) is 0 Å². The molecule has 0 saturated carbocycles. The maximum atomic E-state index is 13.6. The summed E-state index contributed by atoms with van der Waals surface area (Å²) in [6.45, 7) is 9.83. The topological polar surface area (TPSA) is 100 Å². The van der Waals surface area contributed by atoms with E-state index >= 15 is 0 Å². The average Bonchev–Trinajstić information content (AvgIpc) is 2.73. The number of rotatable bonds is 5. The summed E-state index contributed by atoms with van der Waals surface area (Å²) >= 11 is 0. The van der Waals surface area contributed by atoms with Gasteiger partial charge in [-0.3, -0.25) is 4.79 Å². The van der Waals surface area contributed by atoms with Crippen molar-refractivity contribution >= 4 is 28.0 Å². The number of aromatic hydroxyl groups is 3. The lowest BCUT2D eigenvalue weighted by Crippen LogP contribution is -2.32. The Morgan fingerprint density at radius 3 is 2.29 bits per heavy atom. The van der Waals surface area contributed by atoms with E-state index < -0.39 is 11.0 Å². The van der Waals surface area contributed by atoms with Gasteiger partial charge in [0.2, 0.25) is 5.43 Å². The van der Waals surface area contributed by atoms with Crippen LogP contribution in [-0.2, 0) is 6.42 Å². The summed E-state index contributed by atoms with van der Waals surface area (Å²) in [5, 5.41) is 32.2. The average molecular weight is 463 g/mol. The number of phenols is 3. The third-order valence-corrected chi connectivity index (χ3v) is 6.13. The van der Waals surface area contributed by atoms with Crippen molar-refractivity contribution in [2.75, 3.05) is 0 Å². The number of benzene rings is 2. The summed E-state index contributed by atoms with van der Waals surface area (Å²) in [6, 6.07) is 2.67. The standard InChI is InChI=1S/C28H30O6/c1-15(2)7-6-11-28(5)12-10-18-23-21(14-20(30)27(18)34-28)33-22-13-19(29)17(9-8-16(3)4)25(31)24(22)26(23)32/h7-8,10,12-14,29-31H,6,9,11H2,1-5H3/t28-/m1/s1. The van der Waals surface area contributed by atoms with E-state index in [9.17, 15) is 20.1 Å². The molecule has 0 radical (unpaired) electrons. The molecule has 0 unspecified atom stereocenters. The Balaban J connectivity index is 1.91. The third kappa shape index (κ3) is 4.16. The van der Waals surface area contributed by atoms with Gasteiger partial charge in [-0.25, -0.2) is 0 Å². The number of fused-ring (bicyclic) bond motifs is 4. The lowest BCUT2D eigenvalue weighted by Gasteiger charge is -2.32. The van der Waals surface area contributed by atoms with E-state index in [1.165, 1.54) is 17.7 Å². The molecule has 6 heteroatoms. The van der Waals surface area contributed by atoms with Gasteiger partial charge in [0.05, 0.1) is 5.39 Å². The smallest absolute Gasteiger partial charge is 0.205 e. The van der Waals surface area contributed by atoms with Crippen LogP contribution in [0.4, 0.5) is 0 Å². The first-order chi connectivity index (χ1) is 16.0. The molecule has 0 bridgehead atoms. The molecular weight excluding hydrogens is 432 g/mol. The van der Waals surface area contributed by atoms with Crippen LogP contribution in [0.5, 0.6) is 23.0 Å². The van der Waals surface area contributed by atoms with Gasteiger partial charge in [0, 0.05) is 23.3 Å². The number of hydrogen-bond acceptors (Lipinski definition) is 6. The lowest BCUT2D eigenvalue weighted by atomic mass is 9.92. The van der Waals surface area contributed by atoms with E-state index in [4.69, 9.17) is 9.15 Å². The van der Waals surface area contributed by atoms with Crippen molar-refractivity contribution in [3.63, 3.8) is 0 Å². The maximum absolute atomic E-state index is 13.6. The quantitative estimate of drug-likeness (QED) is 0.296. The highest BCUT2D eigenvalue weighted by atomic mass is 16.5. The molecule has 0 fully saturated rings. The van der Waals surface area contributed by atoms with Gasteiger partial charge >= 0.3 is 0 Å². The van der Waals surface area contributed by atoms with Crippen molar-refractivity contribution < 1.29 is 24.5 Å². The largest absolute Gasteiger partial charge is 0.507 e. The highest BCUT2D eigenvalue weighted by Crippen LogP contribution is 2.44. The molecule has 1 aromatic heterocycles. The summed E-state index contributed by atoms with van der Waals surface area (Å²) in [5.74, 6) is -0.402. The number of allylic oxidation sites excluding steroid dienone is 4. The van der Waals surface area contributed by atoms with E-state index in [0.717, 1.165) is 12.0 Å². The van der Waals surface area contributed by atoms with Crippen LogP contribution in [0.1, 0.15) is 58.6 Å². The van der Waals surface area contributed by atoms with Crippen molar-refractivity contribution in [1.29, 1.82) is 0 Å². The molecule has 2 heterocycles. The number of phenolic OH excluding ortho intramolecular Hbond substituents is 3. The summed E-state index contributed by atoms with van der Waals surface area (Å²) in [5.41, 5.74) is 1.99. The van der Waals surface area contributed by atoms with Crippen LogP contribution in [0, 0.1) is 0 Å². The molecule has 178 valence electrons. The summed E-state index contributed by atoms with van der Waals surface area (Å²) in [6.07, 6.45) is 9.42. The van der Waals surface area contributed by atoms with Crippen LogP contribution >= 0.6 is 0 Å². The fourth-order valence-electron chi connectivity index (χ4n) is 4.26. The Bertz CT molecular complexity index is 1450. The second kappa shape index (κ2) is 8.60.